The van der Waals surface area contributed by atoms with E-state index in [1.807, 2.05) is 0 Å². The van der Waals surface area contributed by atoms with Gasteiger partial charge in [0.1, 0.15) is 11.9 Å². The summed E-state index contributed by atoms with van der Waals surface area (Å²) in [5.74, 6) is -0.907. The average Bonchev–Trinajstić information content (AvgIpc) is 3.06. The first-order valence-electron chi connectivity index (χ1n) is 8.47. The van der Waals surface area contributed by atoms with Crippen molar-refractivity contribution in [2.45, 2.75) is 6.42 Å². The minimum Gasteiger partial charge on any atom is -0.469 e. The number of hydrogen-bond donors (Lipinski definition) is 0. The maximum atomic E-state index is 13.8. The van der Waals surface area contributed by atoms with Crippen LogP contribution in [0.4, 0.5) is 14.9 Å². The van der Waals surface area contributed by atoms with Gasteiger partial charge in [0.15, 0.2) is 0 Å². The van der Waals surface area contributed by atoms with Crippen LogP contribution in [0.2, 0.25) is 0 Å². The van der Waals surface area contributed by atoms with E-state index < -0.39 is 5.82 Å². The molecule has 3 rings (SSSR count). The molecule has 2 aromatic carbocycles. The van der Waals surface area contributed by atoms with Gasteiger partial charge in [0, 0.05) is 25.3 Å². The van der Waals surface area contributed by atoms with Gasteiger partial charge in [0.2, 0.25) is 0 Å². The van der Waals surface area contributed by atoms with Gasteiger partial charge in [0.05, 0.1) is 19.1 Å². The molecular formula is C20H18FN3O3. The van der Waals surface area contributed by atoms with Gasteiger partial charge >= 0.3 is 12.0 Å². The Hall–Kier alpha value is -3.40. The summed E-state index contributed by atoms with van der Waals surface area (Å²) in [5, 5.41) is 8.81. The van der Waals surface area contributed by atoms with Crippen molar-refractivity contribution < 1.29 is 18.7 Å². The molecular weight excluding hydrogens is 349 g/mol. The molecule has 0 aliphatic carbocycles. The second kappa shape index (κ2) is 7.87. The molecule has 2 amide bonds. The largest absolute Gasteiger partial charge is 0.469 e. The van der Waals surface area contributed by atoms with E-state index in [1.54, 1.807) is 46.2 Å². The number of amides is 2. The van der Waals surface area contributed by atoms with E-state index in [0.717, 1.165) is 11.3 Å². The molecule has 6 nitrogen and oxygen atoms in total. The van der Waals surface area contributed by atoms with Crippen LogP contribution in [0, 0.1) is 17.1 Å². The molecule has 0 atom stereocenters. The van der Waals surface area contributed by atoms with Crippen molar-refractivity contribution in [2.75, 3.05) is 31.6 Å². The lowest BCUT2D eigenvalue weighted by Crippen LogP contribution is -2.33. The minimum absolute atomic E-state index is 0.00470. The number of carbonyl (C=O) groups excluding carboxylic acids is 2. The Kier molecular flexibility index (Phi) is 5.36. The number of nitrogens with zero attached hydrogens (tertiary/aromatic N) is 3. The fourth-order valence-electron chi connectivity index (χ4n) is 2.98. The molecule has 0 bridgehead atoms. The highest BCUT2D eigenvalue weighted by Crippen LogP contribution is 2.26. The number of esters is 1. The standard InChI is InChI=1S/C20H18FN3O3/c1-27-19(25)8-9-23-10-11-24(20(23)26)17-6-4-14(5-7-17)15-2-3-16(13-22)18(21)12-15/h2-7,12H,8-11H2,1H3. The number of rotatable bonds is 5. The van der Waals surface area contributed by atoms with E-state index in [1.165, 1.54) is 19.2 Å². The number of anilines is 1. The van der Waals surface area contributed by atoms with Gasteiger partial charge in [-0.05, 0) is 35.4 Å². The third-order valence-corrected chi connectivity index (χ3v) is 4.51. The summed E-state index contributed by atoms with van der Waals surface area (Å²) >= 11 is 0. The fraction of sp³-hybridized carbons (Fsp3) is 0.250. The third kappa shape index (κ3) is 3.90. The fourth-order valence-corrected chi connectivity index (χ4v) is 2.98. The molecule has 1 aliphatic heterocycles. The Morgan fingerprint density at radius 3 is 2.52 bits per heavy atom. The number of methoxy groups -OCH3 is 1. The van der Waals surface area contributed by atoms with Crippen molar-refractivity contribution in [3.63, 3.8) is 0 Å². The summed E-state index contributed by atoms with van der Waals surface area (Å²) in [4.78, 5) is 27.0. The maximum absolute atomic E-state index is 13.8. The summed E-state index contributed by atoms with van der Waals surface area (Å²) in [7, 11) is 1.32. The van der Waals surface area contributed by atoms with Crippen LogP contribution >= 0.6 is 0 Å². The summed E-state index contributed by atoms with van der Waals surface area (Å²) in [5.41, 5.74) is 2.19. The minimum atomic E-state index is -0.560. The number of urea groups is 1. The van der Waals surface area contributed by atoms with Crippen LogP contribution in [-0.2, 0) is 9.53 Å². The Labute approximate surface area is 156 Å². The summed E-state index contributed by atoms with van der Waals surface area (Å²) in [6, 6.07) is 13.3. The van der Waals surface area contributed by atoms with Crippen LogP contribution in [0.25, 0.3) is 11.1 Å². The Bertz CT molecular complexity index is 906. The van der Waals surface area contributed by atoms with E-state index in [-0.39, 0.29) is 24.0 Å². The van der Waals surface area contributed by atoms with Crippen LogP contribution in [0.5, 0.6) is 0 Å². The quantitative estimate of drug-likeness (QED) is 0.761. The zero-order chi connectivity index (χ0) is 19.4. The first-order valence-corrected chi connectivity index (χ1v) is 8.47. The van der Waals surface area contributed by atoms with E-state index in [0.29, 0.717) is 25.2 Å². The van der Waals surface area contributed by atoms with Gasteiger partial charge < -0.3 is 9.64 Å². The van der Waals surface area contributed by atoms with Gasteiger partial charge in [-0.15, -0.1) is 0 Å². The molecule has 0 saturated carbocycles. The van der Waals surface area contributed by atoms with Crippen molar-refractivity contribution in [2.24, 2.45) is 0 Å². The molecule has 0 unspecified atom stereocenters. The second-order valence-electron chi connectivity index (χ2n) is 6.10. The molecule has 1 heterocycles. The molecule has 138 valence electrons. The third-order valence-electron chi connectivity index (χ3n) is 4.51. The highest BCUT2D eigenvalue weighted by atomic mass is 19.1. The Balaban J connectivity index is 1.71. The summed E-state index contributed by atoms with van der Waals surface area (Å²) in [6.45, 7) is 1.40. The predicted octanol–water partition coefficient (Wildman–Crippen LogP) is 3.17. The van der Waals surface area contributed by atoms with E-state index in [2.05, 4.69) is 4.74 Å². The second-order valence-corrected chi connectivity index (χ2v) is 6.10. The van der Waals surface area contributed by atoms with Gasteiger partial charge in [-0.3, -0.25) is 9.69 Å². The van der Waals surface area contributed by atoms with Crippen molar-refractivity contribution in [1.82, 2.24) is 4.90 Å². The first-order chi connectivity index (χ1) is 13.0. The topological polar surface area (TPSA) is 73.6 Å². The molecule has 1 saturated heterocycles. The summed E-state index contributed by atoms with van der Waals surface area (Å²) in [6.07, 6.45) is 0.166. The highest BCUT2D eigenvalue weighted by molar-refractivity contribution is 5.94. The zero-order valence-corrected chi connectivity index (χ0v) is 14.8. The van der Waals surface area contributed by atoms with Gasteiger partial charge in [-0.25, -0.2) is 9.18 Å². The van der Waals surface area contributed by atoms with Crippen LogP contribution in [-0.4, -0.2) is 43.6 Å². The Morgan fingerprint density at radius 1 is 1.19 bits per heavy atom. The van der Waals surface area contributed by atoms with Crippen LogP contribution in [0.3, 0.4) is 0 Å². The molecule has 7 heteroatoms. The highest BCUT2D eigenvalue weighted by Gasteiger charge is 2.29. The summed E-state index contributed by atoms with van der Waals surface area (Å²) < 4.78 is 18.4. The lowest BCUT2D eigenvalue weighted by atomic mass is 10.0. The van der Waals surface area contributed by atoms with Crippen molar-refractivity contribution in [1.29, 1.82) is 5.26 Å². The monoisotopic (exact) mass is 367 g/mol. The van der Waals surface area contributed by atoms with Crippen LogP contribution in [0.1, 0.15) is 12.0 Å². The number of hydrogen-bond acceptors (Lipinski definition) is 4. The number of halogens is 1. The molecule has 0 spiro atoms. The van der Waals surface area contributed by atoms with Crippen LogP contribution in [0.15, 0.2) is 42.5 Å². The number of carbonyl (C=O) groups is 2. The first kappa shape index (κ1) is 18.4. The van der Waals surface area contributed by atoms with Crippen molar-refractivity contribution >= 4 is 17.7 Å². The smallest absolute Gasteiger partial charge is 0.324 e. The van der Waals surface area contributed by atoms with Crippen molar-refractivity contribution in [3.8, 4) is 17.2 Å². The van der Waals surface area contributed by atoms with E-state index in [4.69, 9.17) is 5.26 Å². The van der Waals surface area contributed by atoms with Gasteiger partial charge in [-0.2, -0.15) is 5.26 Å². The predicted molar refractivity (Wildman–Crippen MR) is 97.5 cm³/mol. The maximum Gasteiger partial charge on any atom is 0.324 e. The van der Waals surface area contributed by atoms with Gasteiger partial charge in [0.25, 0.3) is 0 Å². The molecule has 0 aromatic heterocycles. The van der Waals surface area contributed by atoms with E-state index in [9.17, 15) is 14.0 Å². The van der Waals surface area contributed by atoms with Gasteiger partial charge in [-0.1, -0.05) is 18.2 Å². The number of nitriles is 1. The van der Waals surface area contributed by atoms with Crippen molar-refractivity contribution in [3.05, 3.63) is 53.8 Å². The molecule has 27 heavy (non-hydrogen) atoms. The zero-order valence-electron chi connectivity index (χ0n) is 14.8. The average molecular weight is 367 g/mol. The normalized spacial score (nSPS) is 13.6. The Morgan fingerprint density at radius 2 is 1.89 bits per heavy atom. The number of benzene rings is 2. The van der Waals surface area contributed by atoms with E-state index >= 15 is 0 Å². The molecule has 0 radical (unpaired) electrons. The lowest BCUT2D eigenvalue weighted by Gasteiger charge is -2.18. The molecule has 2 aromatic rings. The molecule has 0 N–H and O–H groups in total. The SMILES string of the molecule is COC(=O)CCN1CCN(c2ccc(-c3ccc(C#N)c(F)c3)cc2)C1=O. The number of ether oxygens (including phenoxy) is 1. The van der Waals surface area contributed by atoms with Crippen LogP contribution < -0.4 is 4.90 Å². The lowest BCUT2D eigenvalue weighted by molar-refractivity contribution is -0.140. The molecule has 1 fully saturated rings. The molecule has 1 aliphatic rings.